The molecule has 10 nitrogen and oxygen atoms in total. The van der Waals surface area contributed by atoms with E-state index in [0.717, 1.165) is 11.1 Å². The van der Waals surface area contributed by atoms with Gasteiger partial charge in [0, 0.05) is 13.0 Å². The van der Waals surface area contributed by atoms with Crippen molar-refractivity contribution >= 4 is 41.1 Å². The second-order valence-corrected chi connectivity index (χ2v) is 11.0. The van der Waals surface area contributed by atoms with Crippen LogP contribution in [0.2, 0.25) is 5.02 Å². The van der Waals surface area contributed by atoms with Gasteiger partial charge in [-0.25, -0.2) is 4.79 Å². The molecule has 0 radical (unpaired) electrons. The molecule has 11 heteroatoms. The number of nitrogens with zero attached hydrogens (tertiary/aromatic N) is 1. The van der Waals surface area contributed by atoms with E-state index < -0.39 is 48.1 Å². The van der Waals surface area contributed by atoms with Crippen LogP contribution in [0.5, 0.6) is 0 Å². The van der Waals surface area contributed by atoms with Crippen molar-refractivity contribution in [1.82, 2.24) is 10.2 Å². The number of aliphatic hydroxyl groups is 1. The van der Waals surface area contributed by atoms with Crippen LogP contribution in [0, 0.1) is 20.8 Å². The summed E-state index contributed by atoms with van der Waals surface area (Å²) in [7, 11) is 0. The van der Waals surface area contributed by atoms with E-state index in [1.165, 1.54) is 4.90 Å². The number of halogens is 1. The maximum Gasteiger partial charge on any atom is 0.408 e. The minimum absolute atomic E-state index is 0.139. The number of ether oxygens (including phenoxy) is 1. The minimum atomic E-state index is -1.27. The van der Waals surface area contributed by atoms with Gasteiger partial charge in [-0.1, -0.05) is 41.9 Å². The second-order valence-electron chi connectivity index (χ2n) is 10.6. The smallest absolute Gasteiger partial charge is 0.408 e. The summed E-state index contributed by atoms with van der Waals surface area (Å²) in [6.45, 7) is 9.71. The summed E-state index contributed by atoms with van der Waals surface area (Å²) in [5.74, 6) is -1.93. The van der Waals surface area contributed by atoms with Gasteiger partial charge in [0.25, 0.3) is 5.91 Å². The maximum atomic E-state index is 14.1. The van der Waals surface area contributed by atoms with Crippen LogP contribution < -0.4 is 16.4 Å². The first-order valence-electron chi connectivity index (χ1n) is 13.0. The molecule has 0 fully saturated rings. The van der Waals surface area contributed by atoms with Crippen molar-refractivity contribution < 1.29 is 29.0 Å². The zero-order chi connectivity index (χ0) is 30.2. The predicted molar refractivity (Wildman–Crippen MR) is 154 cm³/mol. The average molecular weight is 575 g/mol. The summed E-state index contributed by atoms with van der Waals surface area (Å²) in [4.78, 5) is 53.5. The molecule has 4 amide bonds. The summed E-state index contributed by atoms with van der Waals surface area (Å²) in [6, 6.07) is 8.16. The van der Waals surface area contributed by atoms with Crippen molar-refractivity contribution in [2.24, 2.45) is 5.73 Å². The summed E-state index contributed by atoms with van der Waals surface area (Å²) in [5.41, 5.74) is 7.62. The summed E-state index contributed by atoms with van der Waals surface area (Å²) < 4.78 is 5.32. The van der Waals surface area contributed by atoms with E-state index in [0.29, 0.717) is 21.8 Å². The summed E-state index contributed by atoms with van der Waals surface area (Å²) >= 11 is 6.38. The molecular weight excluding hydrogens is 536 g/mol. The van der Waals surface area contributed by atoms with Crippen molar-refractivity contribution in [3.05, 3.63) is 63.7 Å². The largest absolute Gasteiger partial charge is 0.444 e. The Morgan fingerprint density at radius 1 is 1.02 bits per heavy atom. The highest BCUT2D eigenvalue weighted by atomic mass is 35.5. The number of nitrogens with one attached hydrogen (secondary N) is 2. The number of hydrogen-bond donors (Lipinski definition) is 4. The molecule has 0 heterocycles. The van der Waals surface area contributed by atoms with Crippen LogP contribution >= 0.6 is 11.6 Å². The molecule has 2 unspecified atom stereocenters. The molecule has 218 valence electrons. The molecule has 0 bridgehead atoms. The van der Waals surface area contributed by atoms with E-state index in [4.69, 9.17) is 22.1 Å². The van der Waals surface area contributed by atoms with E-state index in [-0.39, 0.29) is 19.4 Å². The Hall–Kier alpha value is -3.63. The molecule has 2 aromatic carbocycles. The van der Waals surface area contributed by atoms with Gasteiger partial charge in [-0.15, -0.1) is 0 Å². The Kier molecular flexibility index (Phi) is 11.5. The molecule has 0 aromatic heterocycles. The van der Waals surface area contributed by atoms with Crippen LogP contribution in [0.4, 0.5) is 10.5 Å². The third-order valence-electron chi connectivity index (χ3n) is 6.14. The number of anilines is 1. The molecule has 40 heavy (non-hydrogen) atoms. The second kappa shape index (κ2) is 14.1. The normalized spacial score (nSPS) is 12.7. The van der Waals surface area contributed by atoms with Gasteiger partial charge >= 0.3 is 6.09 Å². The van der Waals surface area contributed by atoms with Crippen molar-refractivity contribution in [3.63, 3.8) is 0 Å². The van der Waals surface area contributed by atoms with Crippen molar-refractivity contribution in [2.75, 3.05) is 18.5 Å². The molecule has 5 N–H and O–H groups in total. The number of hydrogen-bond acceptors (Lipinski definition) is 6. The Morgan fingerprint density at radius 2 is 1.60 bits per heavy atom. The van der Waals surface area contributed by atoms with E-state index in [1.807, 2.05) is 32.0 Å². The molecular formula is C29H39ClN4O6. The van der Waals surface area contributed by atoms with Gasteiger partial charge in [0.1, 0.15) is 17.7 Å². The van der Waals surface area contributed by atoms with E-state index in [9.17, 15) is 24.3 Å². The zero-order valence-corrected chi connectivity index (χ0v) is 24.6. The number of primary amides is 1. The fraction of sp³-hybridized carbons (Fsp3) is 0.448. The summed E-state index contributed by atoms with van der Waals surface area (Å²) in [6.07, 6.45) is -1.22. The van der Waals surface area contributed by atoms with Gasteiger partial charge in [-0.05, 0) is 76.3 Å². The number of carbonyl (C=O) groups is 4. The van der Waals surface area contributed by atoms with Gasteiger partial charge in [0.15, 0.2) is 0 Å². The lowest BCUT2D eigenvalue weighted by atomic mass is 9.93. The quantitative estimate of drug-likeness (QED) is 0.319. The number of para-hydroxylation sites is 1. The van der Waals surface area contributed by atoms with Gasteiger partial charge < -0.3 is 31.1 Å². The monoisotopic (exact) mass is 574 g/mol. The predicted octanol–water partition coefficient (Wildman–Crippen LogP) is 3.92. The first-order chi connectivity index (χ1) is 18.7. The van der Waals surface area contributed by atoms with Crippen LogP contribution in [-0.2, 0) is 19.1 Å². The first-order valence-corrected chi connectivity index (χ1v) is 13.3. The van der Waals surface area contributed by atoms with Crippen LogP contribution in [0.15, 0.2) is 36.4 Å². The number of carbonyl (C=O) groups excluding carboxylic acids is 4. The topological polar surface area (TPSA) is 151 Å². The molecule has 0 saturated carbocycles. The van der Waals surface area contributed by atoms with E-state index >= 15 is 0 Å². The Bertz CT molecular complexity index is 1200. The Morgan fingerprint density at radius 3 is 2.12 bits per heavy atom. The number of aliphatic hydroxyl groups excluding tert-OH is 1. The van der Waals surface area contributed by atoms with Crippen molar-refractivity contribution in [1.29, 1.82) is 0 Å². The van der Waals surface area contributed by atoms with E-state index in [2.05, 4.69) is 10.6 Å². The number of alkyl carbamates (subject to hydrolysis) is 1. The maximum absolute atomic E-state index is 14.1. The van der Waals surface area contributed by atoms with Crippen LogP contribution in [0.25, 0.3) is 0 Å². The fourth-order valence-electron chi connectivity index (χ4n) is 4.34. The number of amides is 4. The molecule has 0 saturated heterocycles. The third-order valence-corrected chi connectivity index (χ3v) is 6.45. The highest BCUT2D eigenvalue weighted by Gasteiger charge is 2.37. The van der Waals surface area contributed by atoms with Crippen LogP contribution in [0.1, 0.15) is 61.9 Å². The third kappa shape index (κ3) is 8.96. The molecule has 2 rings (SSSR count). The van der Waals surface area contributed by atoms with Gasteiger partial charge in [-0.3, -0.25) is 14.4 Å². The highest BCUT2D eigenvalue weighted by Crippen LogP contribution is 2.32. The molecule has 2 atom stereocenters. The zero-order valence-electron chi connectivity index (χ0n) is 23.8. The molecule has 0 aliphatic rings. The Labute approximate surface area is 240 Å². The lowest BCUT2D eigenvalue weighted by molar-refractivity contribution is -0.141. The minimum Gasteiger partial charge on any atom is -0.444 e. The number of benzene rings is 2. The lowest BCUT2D eigenvalue weighted by Crippen LogP contribution is -2.53. The van der Waals surface area contributed by atoms with Crippen LogP contribution in [-0.4, -0.2) is 58.6 Å². The standard InChI is InChI=1S/C29H39ClN4O6/c1-17-9-7-10-18(2)23(17)25(26(37)33-24-19(3)11-8-12-20(24)30)34(15-16-35)27(38)21(13-14-22(31)36)32-28(39)40-29(4,5)6/h7-12,21,25,35H,13-16H2,1-6H3,(H2,31,36)(H,32,39)(H,33,37). The molecule has 2 aromatic rings. The van der Waals surface area contributed by atoms with E-state index in [1.54, 1.807) is 45.9 Å². The Balaban J connectivity index is 2.62. The molecule has 0 spiro atoms. The van der Waals surface area contributed by atoms with Crippen LogP contribution in [0.3, 0.4) is 0 Å². The fourth-order valence-corrected chi connectivity index (χ4v) is 4.61. The lowest BCUT2D eigenvalue weighted by Gasteiger charge is -2.35. The van der Waals surface area contributed by atoms with Gasteiger partial charge in [0.2, 0.25) is 11.8 Å². The molecule has 0 aliphatic heterocycles. The van der Waals surface area contributed by atoms with Crippen molar-refractivity contribution in [2.45, 2.75) is 72.1 Å². The van der Waals surface area contributed by atoms with Crippen molar-refractivity contribution in [3.8, 4) is 0 Å². The SMILES string of the molecule is Cc1cccc(Cl)c1NC(=O)C(c1c(C)cccc1C)N(CCO)C(=O)C(CCC(N)=O)NC(=O)OC(C)(C)C. The highest BCUT2D eigenvalue weighted by molar-refractivity contribution is 6.34. The number of rotatable bonds is 11. The number of aryl methyl sites for hydroxylation is 3. The van der Waals surface area contributed by atoms with Gasteiger partial charge in [-0.2, -0.15) is 0 Å². The van der Waals surface area contributed by atoms with Gasteiger partial charge in [0.05, 0.1) is 17.3 Å². The summed E-state index contributed by atoms with van der Waals surface area (Å²) in [5, 5.41) is 15.7. The first kappa shape index (κ1) is 32.6. The number of nitrogens with two attached hydrogens (primary N) is 1. The molecule has 0 aliphatic carbocycles. The average Bonchev–Trinajstić information content (AvgIpc) is 2.83.